The molecule has 0 amide bonds. The zero-order chi connectivity index (χ0) is 14.2. The summed E-state index contributed by atoms with van der Waals surface area (Å²) in [7, 11) is 0. The Kier molecular flexibility index (Phi) is 5.18. The van der Waals surface area contributed by atoms with Crippen LogP contribution in [0.3, 0.4) is 0 Å². The lowest BCUT2D eigenvalue weighted by atomic mass is 10.0. The normalized spacial score (nSPS) is 25.6. The van der Waals surface area contributed by atoms with Crippen LogP contribution in [-0.2, 0) is 16.1 Å². The molecule has 0 saturated heterocycles. The summed E-state index contributed by atoms with van der Waals surface area (Å²) >= 11 is 0. The molecule has 1 N–H and O–H groups in total. The topological polar surface area (TPSA) is 38.3 Å². The molecule has 3 nitrogen and oxygen atoms in total. The standard InChI is InChI=1S/C17H19NO2/c1-14-10-17(8-5-9-18-11-16(14)12-19)20-13-15-6-3-2-4-7-15/h2-8,10-12,14,18H,9,13H2,1H3/b8-5-,16-11-,17-10+. The van der Waals surface area contributed by atoms with E-state index < -0.39 is 0 Å². The van der Waals surface area contributed by atoms with Gasteiger partial charge in [-0.3, -0.25) is 4.79 Å². The van der Waals surface area contributed by atoms with Crippen molar-refractivity contribution in [3.8, 4) is 0 Å². The lowest BCUT2D eigenvalue weighted by Crippen LogP contribution is -2.08. The number of hydrogen-bond acceptors (Lipinski definition) is 3. The van der Waals surface area contributed by atoms with Crippen molar-refractivity contribution in [2.24, 2.45) is 5.92 Å². The fraction of sp³-hybridized carbons (Fsp3) is 0.235. The van der Waals surface area contributed by atoms with E-state index in [0.717, 1.165) is 23.2 Å². The van der Waals surface area contributed by atoms with Crippen LogP contribution in [0, 0.1) is 5.92 Å². The van der Waals surface area contributed by atoms with Crippen LogP contribution in [0.4, 0.5) is 0 Å². The molecule has 0 spiro atoms. The summed E-state index contributed by atoms with van der Waals surface area (Å²) in [4.78, 5) is 11.0. The summed E-state index contributed by atoms with van der Waals surface area (Å²) in [6, 6.07) is 10.0. The third-order valence-corrected chi connectivity index (χ3v) is 3.11. The van der Waals surface area contributed by atoms with Crippen molar-refractivity contribution < 1.29 is 9.53 Å². The molecule has 20 heavy (non-hydrogen) atoms. The lowest BCUT2D eigenvalue weighted by molar-refractivity contribution is -0.105. The fourth-order valence-electron chi connectivity index (χ4n) is 1.93. The van der Waals surface area contributed by atoms with Crippen molar-refractivity contribution in [3.63, 3.8) is 0 Å². The Hall–Kier alpha value is -2.29. The minimum Gasteiger partial charge on any atom is -0.489 e. The molecule has 0 aromatic heterocycles. The van der Waals surface area contributed by atoms with Crippen molar-refractivity contribution >= 4 is 6.29 Å². The molecule has 1 aromatic carbocycles. The first-order valence-corrected chi connectivity index (χ1v) is 6.73. The van der Waals surface area contributed by atoms with Crippen LogP contribution in [0.25, 0.3) is 0 Å². The first kappa shape index (κ1) is 14.1. The largest absolute Gasteiger partial charge is 0.489 e. The lowest BCUT2D eigenvalue weighted by Gasteiger charge is -2.10. The van der Waals surface area contributed by atoms with Crippen LogP contribution in [0.5, 0.6) is 0 Å². The zero-order valence-corrected chi connectivity index (χ0v) is 11.6. The second-order valence-corrected chi connectivity index (χ2v) is 4.70. The van der Waals surface area contributed by atoms with E-state index in [4.69, 9.17) is 4.74 Å². The molecule has 1 unspecified atom stereocenters. The van der Waals surface area contributed by atoms with Crippen LogP contribution < -0.4 is 5.32 Å². The molecule has 0 saturated carbocycles. The van der Waals surface area contributed by atoms with E-state index in [-0.39, 0.29) is 5.92 Å². The van der Waals surface area contributed by atoms with Crippen molar-refractivity contribution in [2.45, 2.75) is 13.5 Å². The summed E-state index contributed by atoms with van der Waals surface area (Å²) in [6.45, 7) is 3.18. The molecule has 1 aliphatic rings. The molecular weight excluding hydrogens is 250 g/mol. The number of rotatable bonds is 4. The molecule has 1 aromatic rings. The predicted octanol–water partition coefficient (Wildman–Crippen LogP) is 2.97. The Labute approximate surface area is 119 Å². The van der Waals surface area contributed by atoms with Crippen molar-refractivity contribution in [2.75, 3.05) is 6.54 Å². The summed E-state index contributed by atoms with van der Waals surface area (Å²) in [5.41, 5.74) is 1.84. The average Bonchev–Trinajstić information content (AvgIpc) is 2.56. The summed E-state index contributed by atoms with van der Waals surface area (Å²) < 4.78 is 5.83. The molecule has 1 aliphatic heterocycles. The van der Waals surface area contributed by atoms with E-state index in [1.807, 2.05) is 55.5 Å². The smallest absolute Gasteiger partial charge is 0.148 e. The zero-order valence-electron chi connectivity index (χ0n) is 11.6. The third kappa shape index (κ3) is 4.12. The summed E-state index contributed by atoms with van der Waals surface area (Å²) in [5, 5.41) is 3.08. The third-order valence-electron chi connectivity index (χ3n) is 3.11. The second-order valence-electron chi connectivity index (χ2n) is 4.70. The number of carbonyl (C=O) groups is 1. The Morgan fingerprint density at radius 1 is 1.35 bits per heavy atom. The highest BCUT2D eigenvalue weighted by Crippen LogP contribution is 2.16. The minimum absolute atomic E-state index is 0.0218. The molecule has 3 heteroatoms. The van der Waals surface area contributed by atoms with Gasteiger partial charge in [0.15, 0.2) is 0 Å². The number of carbonyl (C=O) groups excluding carboxylic acids is 1. The predicted molar refractivity (Wildman–Crippen MR) is 79.8 cm³/mol. The number of hydrogen-bond donors (Lipinski definition) is 1. The van der Waals surface area contributed by atoms with Crippen LogP contribution >= 0.6 is 0 Å². The SMILES string of the molecule is CC1/C=C(OCc2ccccc2)\C=C/CN/C=C\1C=O. The van der Waals surface area contributed by atoms with Gasteiger partial charge in [-0.1, -0.05) is 43.3 Å². The van der Waals surface area contributed by atoms with E-state index in [0.29, 0.717) is 13.2 Å². The maximum Gasteiger partial charge on any atom is 0.148 e. The van der Waals surface area contributed by atoms with Gasteiger partial charge in [0.2, 0.25) is 0 Å². The van der Waals surface area contributed by atoms with E-state index in [1.54, 1.807) is 6.20 Å². The second kappa shape index (κ2) is 7.34. The first-order chi connectivity index (χ1) is 9.79. The van der Waals surface area contributed by atoms with Gasteiger partial charge in [-0.25, -0.2) is 0 Å². The molecule has 0 aliphatic carbocycles. The number of nitrogens with one attached hydrogen (secondary N) is 1. The van der Waals surface area contributed by atoms with E-state index >= 15 is 0 Å². The quantitative estimate of drug-likeness (QED) is 0.854. The molecule has 0 bridgehead atoms. The fourth-order valence-corrected chi connectivity index (χ4v) is 1.93. The molecule has 1 atom stereocenters. The van der Waals surface area contributed by atoms with E-state index in [2.05, 4.69) is 5.32 Å². The average molecular weight is 269 g/mol. The van der Waals surface area contributed by atoms with Crippen molar-refractivity contribution in [1.29, 1.82) is 0 Å². The van der Waals surface area contributed by atoms with Gasteiger partial charge < -0.3 is 10.1 Å². The maximum absolute atomic E-state index is 11.0. The molecule has 2 rings (SSSR count). The van der Waals surface area contributed by atoms with Gasteiger partial charge in [0.25, 0.3) is 0 Å². The summed E-state index contributed by atoms with van der Waals surface area (Å²) in [6.07, 6.45) is 8.53. The van der Waals surface area contributed by atoms with Crippen LogP contribution in [0.1, 0.15) is 12.5 Å². The van der Waals surface area contributed by atoms with Crippen LogP contribution in [-0.4, -0.2) is 12.8 Å². The van der Waals surface area contributed by atoms with Crippen molar-refractivity contribution in [3.05, 3.63) is 71.7 Å². The number of aldehydes is 1. The highest BCUT2D eigenvalue weighted by Gasteiger charge is 2.08. The van der Waals surface area contributed by atoms with Gasteiger partial charge in [-0.2, -0.15) is 0 Å². The Bertz CT molecular complexity index is 529. The maximum atomic E-state index is 11.0. The molecule has 0 fully saturated rings. The van der Waals surface area contributed by atoms with Crippen LogP contribution in [0.2, 0.25) is 0 Å². The van der Waals surface area contributed by atoms with Gasteiger partial charge in [-0.15, -0.1) is 0 Å². The van der Waals surface area contributed by atoms with Crippen LogP contribution in [0.15, 0.2) is 66.1 Å². The van der Waals surface area contributed by atoms with Gasteiger partial charge in [0.05, 0.1) is 0 Å². The molecular formula is C17H19NO2. The first-order valence-electron chi connectivity index (χ1n) is 6.73. The Morgan fingerprint density at radius 2 is 2.15 bits per heavy atom. The highest BCUT2D eigenvalue weighted by atomic mass is 16.5. The Morgan fingerprint density at radius 3 is 2.90 bits per heavy atom. The van der Waals surface area contributed by atoms with Crippen molar-refractivity contribution in [1.82, 2.24) is 5.32 Å². The summed E-state index contributed by atoms with van der Waals surface area (Å²) in [5.74, 6) is 0.811. The monoisotopic (exact) mass is 269 g/mol. The molecule has 0 radical (unpaired) electrons. The molecule has 104 valence electrons. The van der Waals surface area contributed by atoms with E-state index in [9.17, 15) is 4.79 Å². The number of allylic oxidation sites excluding steroid dienone is 3. The van der Waals surface area contributed by atoms with E-state index in [1.165, 1.54) is 0 Å². The van der Waals surface area contributed by atoms with Gasteiger partial charge >= 0.3 is 0 Å². The van der Waals surface area contributed by atoms with Gasteiger partial charge in [0, 0.05) is 24.2 Å². The Balaban J connectivity index is 2.08. The minimum atomic E-state index is 0.0218. The van der Waals surface area contributed by atoms with Gasteiger partial charge in [-0.05, 0) is 17.7 Å². The number of benzene rings is 1. The van der Waals surface area contributed by atoms with Gasteiger partial charge in [0.1, 0.15) is 18.7 Å². The molecule has 1 heterocycles. The highest BCUT2D eigenvalue weighted by molar-refractivity contribution is 5.74. The number of ether oxygens (including phenoxy) is 1.